The van der Waals surface area contributed by atoms with Gasteiger partial charge in [0.1, 0.15) is 11.4 Å². The zero-order valence-electron chi connectivity index (χ0n) is 14.9. The van der Waals surface area contributed by atoms with Crippen LogP contribution in [0.15, 0.2) is 54.6 Å². The topological polar surface area (TPSA) is 82.4 Å². The zero-order chi connectivity index (χ0) is 19.4. The van der Waals surface area contributed by atoms with Crippen molar-refractivity contribution in [2.24, 2.45) is 0 Å². The van der Waals surface area contributed by atoms with Crippen molar-refractivity contribution in [3.05, 3.63) is 65.9 Å². The molecule has 1 amide bonds. The van der Waals surface area contributed by atoms with Gasteiger partial charge >= 0.3 is 0 Å². The van der Waals surface area contributed by atoms with Gasteiger partial charge in [-0.25, -0.2) is 0 Å². The molecule has 0 aliphatic carbocycles. The molecule has 28 heavy (non-hydrogen) atoms. The second-order valence-electron chi connectivity index (χ2n) is 7.17. The number of nitrogens with one attached hydrogen (secondary N) is 1. The van der Waals surface area contributed by atoms with Crippen LogP contribution in [-0.4, -0.2) is 28.4 Å². The van der Waals surface area contributed by atoms with Gasteiger partial charge in [-0.1, -0.05) is 24.3 Å². The van der Waals surface area contributed by atoms with Gasteiger partial charge in [-0.2, -0.15) is 0 Å². The number of carbonyl (C=O) groups excluding carboxylic acids is 1. The van der Waals surface area contributed by atoms with E-state index >= 15 is 0 Å². The van der Waals surface area contributed by atoms with Crippen molar-refractivity contribution in [1.29, 1.82) is 0 Å². The Kier molecular flexibility index (Phi) is 3.74. The number of aromatic hydroxyl groups is 1. The number of nitrogens with zero attached hydrogens (tertiary/aromatic N) is 1. The monoisotopic (exact) mass is 391 g/mol. The SMILES string of the molecule is Nc1ccc2[nH]c(C(=O)N3C[C@@H](CCl)c4c3cc(O)c3ccccc43)cc2c1. The number of nitrogen functional groups attached to an aromatic ring is 1. The van der Waals surface area contributed by atoms with E-state index in [0.717, 1.165) is 27.2 Å². The number of aromatic nitrogens is 1. The first-order valence-electron chi connectivity index (χ1n) is 9.07. The number of amides is 1. The van der Waals surface area contributed by atoms with E-state index in [9.17, 15) is 9.90 Å². The lowest BCUT2D eigenvalue weighted by Gasteiger charge is -2.17. The molecule has 0 spiro atoms. The number of carbonyl (C=O) groups is 1. The number of phenolic OH excluding ortho intramolecular Hbond substituents is 1. The average Bonchev–Trinajstić information content (AvgIpc) is 3.28. The molecule has 140 valence electrons. The lowest BCUT2D eigenvalue weighted by Crippen LogP contribution is -2.30. The lowest BCUT2D eigenvalue weighted by molar-refractivity contribution is 0.0984. The molecule has 5 nitrogen and oxygen atoms in total. The molecular weight excluding hydrogens is 374 g/mol. The van der Waals surface area contributed by atoms with E-state index < -0.39 is 0 Å². The molecule has 1 atom stereocenters. The van der Waals surface area contributed by atoms with Crippen LogP contribution in [0.2, 0.25) is 0 Å². The van der Waals surface area contributed by atoms with E-state index in [4.69, 9.17) is 17.3 Å². The van der Waals surface area contributed by atoms with Gasteiger partial charge in [-0.05, 0) is 35.2 Å². The molecule has 0 radical (unpaired) electrons. The number of rotatable bonds is 2. The summed E-state index contributed by atoms with van der Waals surface area (Å²) in [6.45, 7) is 0.475. The molecule has 5 rings (SSSR count). The van der Waals surface area contributed by atoms with Gasteiger partial charge in [0.25, 0.3) is 5.91 Å². The van der Waals surface area contributed by atoms with Crippen LogP contribution in [0.1, 0.15) is 22.0 Å². The number of nitrogens with two attached hydrogens (primary N) is 1. The normalized spacial score (nSPS) is 16.0. The molecular formula is C22H18ClN3O2. The van der Waals surface area contributed by atoms with Gasteiger partial charge in [0.2, 0.25) is 0 Å². The summed E-state index contributed by atoms with van der Waals surface area (Å²) >= 11 is 6.25. The summed E-state index contributed by atoms with van der Waals surface area (Å²) in [6.07, 6.45) is 0. The van der Waals surface area contributed by atoms with Crippen molar-refractivity contribution >= 4 is 50.6 Å². The second-order valence-corrected chi connectivity index (χ2v) is 7.48. The number of hydrogen-bond donors (Lipinski definition) is 3. The van der Waals surface area contributed by atoms with E-state index in [1.165, 1.54) is 0 Å². The summed E-state index contributed by atoms with van der Waals surface area (Å²) in [4.78, 5) is 18.2. The van der Waals surface area contributed by atoms with Crippen molar-refractivity contribution in [3.8, 4) is 5.75 Å². The minimum absolute atomic E-state index is 0.00568. The molecule has 4 N–H and O–H groups in total. The predicted octanol–water partition coefficient (Wildman–Crippen LogP) is 4.59. The maximum absolute atomic E-state index is 13.3. The molecule has 0 saturated carbocycles. The Hall–Kier alpha value is -3.18. The van der Waals surface area contributed by atoms with Crippen LogP contribution in [0.4, 0.5) is 11.4 Å². The molecule has 4 aromatic rings. The van der Waals surface area contributed by atoms with Gasteiger partial charge < -0.3 is 20.7 Å². The summed E-state index contributed by atoms with van der Waals surface area (Å²) in [7, 11) is 0. The Morgan fingerprint density at radius 1 is 1.18 bits per heavy atom. The van der Waals surface area contributed by atoms with Crippen LogP contribution >= 0.6 is 11.6 Å². The molecule has 2 heterocycles. The van der Waals surface area contributed by atoms with Crippen LogP contribution in [-0.2, 0) is 0 Å². The van der Waals surface area contributed by atoms with Crippen LogP contribution in [0, 0.1) is 0 Å². The zero-order valence-corrected chi connectivity index (χ0v) is 15.7. The largest absolute Gasteiger partial charge is 0.507 e. The Labute approximate surface area is 166 Å². The van der Waals surface area contributed by atoms with Crippen molar-refractivity contribution in [2.45, 2.75) is 5.92 Å². The maximum Gasteiger partial charge on any atom is 0.274 e. The van der Waals surface area contributed by atoms with Crippen molar-refractivity contribution in [1.82, 2.24) is 4.98 Å². The maximum atomic E-state index is 13.3. The number of aromatic amines is 1. The molecule has 0 fully saturated rings. The van der Waals surface area contributed by atoms with Crippen molar-refractivity contribution in [3.63, 3.8) is 0 Å². The van der Waals surface area contributed by atoms with Crippen molar-refractivity contribution in [2.75, 3.05) is 23.1 Å². The van der Waals surface area contributed by atoms with E-state index in [-0.39, 0.29) is 17.6 Å². The standard InChI is InChI=1S/C22H18ClN3O2/c23-10-13-11-26(19-9-20(27)15-3-1-2-4-16(15)21(13)19)22(28)18-8-12-7-14(24)5-6-17(12)25-18/h1-9,13,25,27H,10-11,24H2/t13-/m1/s1. The summed E-state index contributed by atoms with van der Waals surface area (Å²) in [5.74, 6) is 0.408. The van der Waals surface area contributed by atoms with Gasteiger partial charge in [-0.3, -0.25) is 4.79 Å². The Bertz CT molecular complexity index is 1250. The first kappa shape index (κ1) is 17.0. The van der Waals surface area contributed by atoms with E-state index in [1.807, 2.05) is 42.5 Å². The quantitative estimate of drug-likeness (QED) is 0.345. The number of phenols is 1. The fourth-order valence-corrected chi connectivity index (χ4v) is 4.41. The lowest BCUT2D eigenvalue weighted by atomic mass is 9.95. The first-order chi connectivity index (χ1) is 13.6. The fraction of sp³-hybridized carbons (Fsp3) is 0.136. The molecule has 0 saturated heterocycles. The first-order valence-corrected chi connectivity index (χ1v) is 9.61. The molecule has 6 heteroatoms. The van der Waals surface area contributed by atoms with Gasteiger partial charge in [-0.15, -0.1) is 11.6 Å². The third-order valence-electron chi connectivity index (χ3n) is 5.45. The summed E-state index contributed by atoms with van der Waals surface area (Å²) in [5.41, 5.74) is 9.56. The van der Waals surface area contributed by atoms with E-state index in [1.54, 1.807) is 17.0 Å². The molecule has 0 unspecified atom stereocenters. The Balaban J connectivity index is 1.65. The molecule has 1 aliphatic heterocycles. The Morgan fingerprint density at radius 2 is 1.96 bits per heavy atom. The third kappa shape index (κ3) is 2.43. The smallest absolute Gasteiger partial charge is 0.274 e. The third-order valence-corrected chi connectivity index (χ3v) is 5.82. The van der Waals surface area contributed by atoms with E-state index in [2.05, 4.69) is 4.98 Å². The molecule has 3 aromatic carbocycles. The number of H-pyrrole nitrogens is 1. The highest BCUT2D eigenvalue weighted by Crippen LogP contribution is 2.45. The van der Waals surface area contributed by atoms with Crippen molar-refractivity contribution < 1.29 is 9.90 Å². The summed E-state index contributed by atoms with van der Waals surface area (Å²) in [5, 5.41) is 13.1. The number of anilines is 2. The average molecular weight is 392 g/mol. The minimum atomic E-state index is -0.154. The fourth-order valence-electron chi connectivity index (χ4n) is 4.16. The predicted molar refractivity (Wildman–Crippen MR) is 113 cm³/mol. The molecule has 1 aromatic heterocycles. The van der Waals surface area contributed by atoms with Crippen LogP contribution in [0.3, 0.4) is 0 Å². The minimum Gasteiger partial charge on any atom is -0.507 e. The van der Waals surface area contributed by atoms with Crippen LogP contribution < -0.4 is 10.6 Å². The molecule has 1 aliphatic rings. The number of hydrogen-bond acceptors (Lipinski definition) is 3. The van der Waals surface area contributed by atoms with Gasteiger partial charge in [0.05, 0.1) is 5.69 Å². The number of alkyl halides is 1. The summed E-state index contributed by atoms with van der Waals surface area (Å²) < 4.78 is 0. The highest BCUT2D eigenvalue weighted by molar-refractivity contribution is 6.19. The number of fused-ring (bicyclic) bond motifs is 4. The number of benzene rings is 3. The molecule has 0 bridgehead atoms. The van der Waals surface area contributed by atoms with Crippen LogP contribution in [0.5, 0.6) is 5.75 Å². The van der Waals surface area contributed by atoms with Crippen LogP contribution in [0.25, 0.3) is 21.7 Å². The van der Waals surface area contributed by atoms with Gasteiger partial charge in [0.15, 0.2) is 0 Å². The highest BCUT2D eigenvalue weighted by atomic mass is 35.5. The second kappa shape index (κ2) is 6.17. The summed E-state index contributed by atoms with van der Waals surface area (Å²) in [6, 6.07) is 16.6. The Morgan fingerprint density at radius 3 is 2.75 bits per heavy atom. The highest BCUT2D eigenvalue weighted by Gasteiger charge is 2.35. The van der Waals surface area contributed by atoms with Gasteiger partial charge in [0, 0.05) is 46.4 Å². The number of halogens is 1. The van der Waals surface area contributed by atoms with E-state index in [0.29, 0.717) is 29.5 Å².